The molecule has 0 saturated heterocycles. The van der Waals surface area contributed by atoms with Crippen LogP contribution in [0.5, 0.6) is 0 Å². The zero-order chi connectivity index (χ0) is 33.5. The molecule has 4 aromatic heterocycles. The number of para-hydroxylation sites is 3. The highest BCUT2D eigenvalue weighted by Crippen LogP contribution is 2.46. The maximum Gasteiger partial charge on any atom is 0.238 e. The fourth-order valence-corrected chi connectivity index (χ4v) is 8.76. The van der Waals surface area contributed by atoms with Crippen LogP contribution in [0.25, 0.3) is 104 Å². The van der Waals surface area contributed by atoms with Crippen molar-refractivity contribution in [2.24, 2.45) is 0 Å². The third-order valence-corrected chi connectivity index (χ3v) is 11.1. The van der Waals surface area contributed by atoms with Crippen molar-refractivity contribution in [2.45, 2.75) is 0 Å². The summed E-state index contributed by atoms with van der Waals surface area (Å²) in [6.45, 7) is 0. The molecule has 0 saturated carbocycles. The Bertz CT molecular complexity index is 3080. The van der Waals surface area contributed by atoms with Crippen molar-refractivity contribution in [1.82, 2.24) is 19.5 Å². The first kappa shape index (κ1) is 28.2. The molecule has 0 atom stereocenters. The topological polar surface area (TPSA) is 56.7 Å². The van der Waals surface area contributed by atoms with Crippen LogP contribution in [0, 0.1) is 0 Å². The van der Waals surface area contributed by atoms with E-state index >= 15 is 0 Å². The minimum atomic E-state index is 0.588. The Balaban J connectivity index is 1.11. The number of nitrogens with zero attached hydrogens (tertiary/aromatic N) is 4. The van der Waals surface area contributed by atoms with Crippen molar-refractivity contribution in [3.05, 3.63) is 158 Å². The lowest BCUT2D eigenvalue weighted by Gasteiger charge is -2.11. The Morgan fingerprint density at radius 1 is 0.471 bits per heavy atom. The zero-order valence-electron chi connectivity index (χ0n) is 27.1. The van der Waals surface area contributed by atoms with Gasteiger partial charge in [0.15, 0.2) is 11.6 Å². The Morgan fingerprint density at radius 2 is 1.04 bits per heavy atom. The van der Waals surface area contributed by atoms with Gasteiger partial charge in [-0.25, -0.2) is 4.98 Å². The molecule has 0 amide bonds. The first-order valence-electron chi connectivity index (χ1n) is 16.9. The highest BCUT2D eigenvalue weighted by molar-refractivity contribution is 7.26. The minimum absolute atomic E-state index is 0.588. The number of rotatable bonds is 4. The number of aromatic nitrogens is 4. The van der Waals surface area contributed by atoms with Crippen LogP contribution in [-0.4, -0.2) is 19.5 Å². The molecule has 0 N–H and O–H groups in total. The Morgan fingerprint density at radius 3 is 1.76 bits per heavy atom. The number of thiophene rings is 1. The summed E-state index contributed by atoms with van der Waals surface area (Å²) >= 11 is 1.81. The second-order valence-electron chi connectivity index (χ2n) is 12.8. The molecule has 0 fully saturated rings. The molecule has 0 aliphatic carbocycles. The highest BCUT2D eigenvalue weighted by atomic mass is 32.1. The zero-order valence-corrected chi connectivity index (χ0v) is 27.9. The van der Waals surface area contributed by atoms with Crippen LogP contribution in [0.1, 0.15) is 0 Å². The largest absolute Gasteiger partial charge is 0.455 e. The molecule has 0 radical (unpaired) electrons. The summed E-state index contributed by atoms with van der Waals surface area (Å²) in [4.78, 5) is 15.3. The molecule has 6 heteroatoms. The quantitative estimate of drug-likeness (QED) is 0.187. The first-order valence-corrected chi connectivity index (χ1v) is 17.8. The van der Waals surface area contributed by atoms with Gasteiger partial charge in [-0.2, -0.15) is 9.97 Å². The minimum Gasteiger partial charge on any atom is -0.455 e. The number of hydrogen-bond acceptors (Lipinski definition) is 5. The van der Waals surface area contributed by atoms with E-state index in [1.54, 1.807) is 0 Å². The Labute approximate surface area is 295 Å². The van der Waals surface area contributed by atoms with E-state index < -0.39 is 0 Å². The normalized spacial score (nSPS) is 11.9. The standard InChI is InChI=1S/C45H26N4OS/c1-2-12-28(13-3-1)43-46-44(48-45(47-43)49-36-18-8-4-14-30(36)31-15-5-9-19-37(31)49)29-24-22-27(23-25-29)34-26-35-32-16-6-10-20-38(32)50-41(35)40-33-17-7-11-21-39(33)51-42(34)40/h1-26H. The van der Waals surface area contributed by atoms with Gasteiger partial charge in [0.25, 0.3) is 0 Å². The second kappa shape index (κ2) is 10.9. The van der Waals surface area contributed by atoms with Gasteiger partial charge in [0, 0.05) is 58.4 Å². The van der Waals surface area contributed by atoms with Gasteiger partial charge in [0.2, 0.25) is 5.95 Å². The van der Waals surface area contributed by atoms with Crippen LogP contribution in [0.4, 0.5) is 0 Å². The summed E-state index contributed by atoms with van der Waals surface area (Å²) in [6, 6.07) is 54.8. The summed E-state index contributed by atoms with van der Waals surface area (Å²) in [5, 5.41) is 6.96. The van der Waals surface area contributed by atoms with E-state index in [1.165, 1.54) is 25.7 Å². The highest BCUT2D eigenvalue weighted by Gasteiger charge is 2.20. The summed E-state index contributed by atoms with van der Waals surface area (Å²) in [6.07, 6.45) is 0. The average molecular weight is 671 g/mol. The van der Waals surface area contributed by atoms with Crippen LogP contribution in [-0.2, 0) is 0 Å². The number of hydrogen-bond donors (Lipinski definition) is 0. The van der Waals surface area contributed by atoms with Crippen molar-refractivity contribution in [2.75, 3.05) is 0 Å². The molecule has 11 aromatic rings. The lowest BCUT2D eigenvalue weighted by Crippen LogP contribution is -2.06. The molecule has 4 heterocycles. The van der Waals surface area contributed by atoms with Gasteiger partial charge in [-0.1, -0.05) is 127 Å². The van der Waals surface area contributed by atoms with E-state index in [-0.39, 0.29) is 0 Å². The fourth-order valence-electron chi connectivity index (χ4n) is 7.53. The first-order chi connectivity index (χ1) is 25.3. The van der Waals surface area contributed by atoms with E-state index in [2.05, 4.69) is 126 Å². The number of benzene rings is 7. The molecule has 7 aromatic carbocycles. The van der Waals surface area contributed by atoms with Crippen molar-refractivity contribution < 1.29 is 4.42 Å². The number of fused-ring (bicyclic) bond motifs is 10. The lowest BCUT2D eigenvalue weighted by atomic mass is 9.98. The maximum atomic E-state index is 6.53. The molecule has 0 unspecified atom stereocenters. The van der Waals surface area contributed by atoms with E-state index in [0.29, 0.717) is 17.6 Å². The molecule has 5 nitrogen and oxygen atoms in total. The second-order valence-corrected chi connectivity index (χ2v) is 13.8. The SMILES string of the molecule is c1ccc(-c2nc(-c3ccc(-c4cc5c6ccccc6oc5c5c4sc4ccccc45)cc3)nc(-n3c4ccccc4c4ccccc43)n2)cc1. The van der Waals surface area contributed by atoms with Crippen LogP contribution in [0.3, 0.4) is 0 Å². The predicted octanol–water partition coefficient (Wildman–Crippen LogP) is 12.2. The third-order valence-electron chi connectivity index (χ3n) is 9.88. The van der Waals surface area contributed by atoms with Crippen LogP contribution in [0.2, 0.25) is 0 Å². The number of furan rings is 1. The van der Waals surface area contributed by atoms with E-state index in [4.69, 9.17) is 19.4 Å². The molecule has 0 bridgehead atoms. The van der Waals surface area contributed by atoms with Gasteiger partial charge in [0.05, 0.1) is 11.0 Å². The molecular formula is C45H26N4OS. The van der Waals surface area contributed by atoms with E-state index in [9.17, 15) is 0 Å². The van der Waals surface area contributed by atoms with Gasteiger partial charge in [-0.05, 0) is 35.9 Å². The molecular weight excluding hydrogens is 645 g/mol. The van der Waals surface area contributed by atoms with E-state index in [0.717, 1.165) is 60.4 Å². The smallest absolute Gasteiger partial charge is 0.238 e. The molecule has 238 valence electrons. The Hall–Kier alpha value is -6.63. The molecule has 0 aliphatic rings. The summed E-state index contributed by atoms with van der Waals surface area (Å²) < 4.78 is 11.1. The maximum absolute atomic E-state index is 6.53. The summed E-state index contributed by atoms with van der Waals surface area (Å²) in [5.41, 5.74) is 8.13. The van der Waals surface area contributed by atoms with Gasteiger partial charge in [-0.15, -0.1) is 11.3 Å². The molecule has 0 aliphatic heterocycles. The van der Waals surface area contributed by atoms with Crippen molar-refractivity contribution >= 4 is 75.3 Å². The lowest BCUT2D eigenvalue weighted by molar-refractivity contribution is 0.673. The monoisotopic (exact) mass is 670 g/mol. The summed E-state index contributed by atoms with van der Waals surface area (Å²) in [7, 11) is 0. The summed E-state index contributed by atoms with van der Waals surface area (Å²) in [5.74, 6) is 1.84. The van der Waals surface area contributed by atoms with Crippen LogP contribution >= 0.6 is 11.3 Å². The van der Waals surface area contributed by atoms with Gasteiger partial charge in [-0.3, -0.25) is 4.57 Å². The van der Waals surface area contributed by atoms with Crippen LogP contribution in [0.15, 0.2) is 162 Å². The average Bonchev–Trinajstić information content (AvgIpc) is 3.88. The van der Waals surface area contributed by atoms with Crippen LogP contribution < -0.4 is 0 Å². The Kier molecular flexibility index (Phi) is 6.05. The van der Waals surface area contributed by atoms with Gasteiger partial charge < -0.3 is 4.42 Å². The molecule has 11 rings (SSSR count). The van der Waals surface area contributed by atoms with Crippen molar-refractivity contribution in [1.29, 1.82) is 0 Å². The predicted molar refractivity (Wildman–Crippen MR) is 211 cm³/mol. The molecule has 51 heavy (non-hydrogen) atoms. The molecule has 0 spiro atoms. The van der Waals surface area contributed by atoms with Gasteiger partial charge >= 0.3 is 0 Å². The van der Waals surface area contributed by atoms with Gasteiger partial charge in [0.1, 0.15) is 11.2 Å². The van der Waals surface area contributed by atoms with E-state index in [1.807, 2.05) is 47.7 Å². The third kappa shape index (κ3) is 4.30. The van der Waals surface area contributed by atoms with Crippen molar-refractivity contribution in [3.63, 3.8) is 0 Å². The van der Waals surface area contributed by atoms with Crippen molar-refractivity contribution in [3.8, 4) is 39.9 Å². The fraction of sp³-hybridized carbons (Fsp3) is 0.